The average molecular weight is 348 g/mol. The molecule has 25 heavy (non-hydrogen) atoms. The van der Waals surface area contributed by atoms with Crippen LogP contribution in [0, 0.1) is 17.1 Å². The zero-order chi connectivity index (χ0) is 18.0. The van der Waals surface area contributed by atoms with E-state index in [9.17, 15) is 17.6 Å². The zero-order valence-corrected chi connectivity index (χ0v) is 12.8. The zero-order valence-electron chi connectivity index (χ0n) is 12.8. The molecule has 0 aliphatic carbocycles. The van der Waals surface area contributed by atoms with Crippen LogP contribution in [-0.2, 0) is 12.6 Å². The highest BCUT2D eigenvalue weighted by Gasteiger charge is 2.33. The molecule has 0 aliphatic rings. The van der Waals surface area contributed by atoms with Crippen molar-refractivity contribution in [2.75, 3.05) is 11.9 Å². The van der Waals surface area contributed by atoms with E-state index < -0.39 is 17.6 Å². The number of rotatable bonds is 4. The molecule has 0 bridgehead atoms. The predicted molar refractivity (Wildman–Crippen MR) is 84.4 cm³/mol. The molecule has 2 aromatic carbocycles. The van der Waals surface area contributed by atoms with Crippen LogP contribution in [0.25, 0.3) is 11.0 Å². The lowest BCUT2D eigenvalue weighted by atomic mass is 10.1. The normalized spacial score (nSPS) is 11.5. The molecule has 2 N–H and O–H groups in total. The van der Waals surface area contributed by atoms with Crippen LogP contribution in [-0.4, -0.2) is 16.5 Å². The minimum absolute atomic E-state index is 0.0582. The van der Waals surface area contributed by atoms with Crippen LogP contribution in [0.1, 0.15) is 17.0 Å². The first-order chi connectivity index (χ1) is 11.9. The van der Waals surface area contributed by atoms with E-state index in [1.165, 1.54) is 30.3 Å². The van der Waals surface area contributed by atoms with Crippen molar-refractivity contribution in [1.82, 2.24) is 9.97 Å². The summed E-state index contributed by atoms with van der Waals surface area (Å²) in [7, 11) is 0. The van der Waals surface area contributed by atoms with Crippen molar-refractivity contribution in [3.05, 3.63) is 59.2 Å². The second-order valence-electron chi connectivity index (χ2n) is 5.39. The Bertz CT molecular complexity index is 953. The Labute approximate surface area is 140 Å². The molecular weight excluding hydrogens is 336 g/mol. The molecule has 1 heterocycles. The fourth-order valence-electron chi connectivity index (χ4n) is 2.47. The SMILES string of the molecule is N#Cc1ccc(NCCc2nc3ccc(F)cc3[nH]2)c(C(F)(F)F)c1. The molecule has 0 aliphatic heterocycles. The maximum atomic E-state index is 13.1. The Morgan fingerprint density at radius 2 is 1.96 bits per heavy atom. The largest absolute Gasteiger partial charge is 0.418 e. The molecule has 3 aromatic rings. The number of nitriles is 1. The topological polar surface area (TPSA) is 64.5 Å². The van der Waals surface area contributed by atoms with E-state index >= 15 is 0 Å². The van der Waals surface area contributed by atoms with Gasteiger partial charge >= 0.3 is 6.18 Å². The molecule has 0 amide bonds. The van der Waals surface area contributed by atoms with Gasteiger partial charge in [0.15, 0.2) is 0 Å². The van der Waals surface area contributed by atoms with E-state index in [0.717, 1.165) is 6.07 Å². The van der Waals surface area contributed by atoms with E-state index in [1.807, 2.05) is 0 Å². The number of nitrogens with zero attached hydrogens (tertiary/aromatic N) is 2. The Morgan fingerprint density at radius 3 is 2.68 bits per heavy atom. The van der Waals surface area contributed by atoms with Crippen LogP contribution in [0.15, 0.2) is 36.4 Å². The highest BCUT2D eigenvalue weighted by Crippen LogP contribution is 2.35. The van der Waals surface area contributed by atoms with E-state index in [4.69, 9.17) is 5.26 Å². The van der Waals surface area contributed by atoms with Crippen LogP contribution in [0.4, 0.5) is 23.2 Å². The highest BCUT2D eigenvalue weighted by atomic mass is 19.4. The van der Waals surface area contributed by atoms with Crippen molar-refractivity contribution >= 4 is 16.7 Å². The summed E-state index contributed by atoms with van der Waals surface area (Å²) in [6.07, 6.45) is -4.24. The number of benzene rings is 2. The van der Waals surface area contributed by atoms with Crippen molar-refractivity contribution in [3.8, 4) is 6.07 Å². The average Bonchev–Trinajstić information content (AvgIpc) is 2.96. The van der Waals surface area contributed by atoms with Gasteiger partial charge in [-0.1, -0.05) is 0 Å². The molecule has 4 nitrogen and oxygen atoms in total. The van der Waals surface area contributed by atoms with E-state index in [1.54, 1.807) is 6.07 Å². The van der Waals surface area contributed by atoms with Gasteiger partial charge in [0.1, 0.15) is 11.6 Å². The molecule has 1 aromatic heterocycles. The minimum atomic E-state index is -4.56. The van der Waals surface area contributed by atoms with Crippen molar-refractivity contribution in [2.45, 2.75) is 12.6 Å². The fourth-order valence-corrected chi connectivity index (χ4v) is 2.47. The van der Waals surface area contributed by atoms with Crippen LogP contribution in [0.2, 0.25) is 0 Å². The molecule has 0 spiro atoms. The number of fused-ring (bicyclic) bond motifs is 1. The van der Waals surface area contributed by atoms with Crippen molar-refractivity contribution in [1.29, 1.82) is 5.26 Å². The summed E-state index contributed by atoms with van der Waals surface area (Å²) < 4.78 is 52.4. The summed E-state index contributed by atoms with van der Waals surface area (Å²) in [6, 6.07) is 9.18. The lowest BCUT2D eigenvalue weighted by molar-refractivity contribution is -0.137. The van der Waals surface area contributed by atoms with Gasteiger partial charge in [-0.2, -0.15) is 18.4 Å². The Kier molecular flexibility index (Phi) is 4.31. The maximum Gasteiger partial charge on any atom is 0.418 e. The third kappa shape index (κ3) is 3.71. The van der Waals surface area contributed by atoms with Gasteiger partial charge in [-0.3, -0.25) is 0 Å². The molecule has 128 valence electrons. The van der Waals surface area contributed by atoms with Gasteiger partial charge in [-0.05, 0) is 36.4 Å². The summed E-state index contributed by atoms with van der Waals surface area (Å²) in [5.41, 5.74) is 0.0687. The lowest BCUT2D eigenvalue weighted by Gasteiger charge is -2.14. The van der Waals surface area contributed by atoms with Crippen LogP contribution in [0.3, 0.4) is 0 Å². The van der Waals surface area contributed by atoms with Crippen LogP contribution in [0.5, 0.6) is 0 Å². The molecule has 8 heteroatoms. The fraction of sp³-hybridized carbons (Fsp3) is 0.176. The van der Waals surface area contributed by atoms with Crippen molar-refractivity contribution < 1.29 is 17.6 Å². The van der Waals surface area contributed by atoms with Crippen molar-refractivity contribution in [2.24, 2.45) is 0 Å². The predicted octanol–water partition coefficient (Wildman–Crippen LogP) is 4.25. The van der Waals surface area contributed by atoms with Gasteiger partial charge < -0.3 is 10.3 Å². The first kappa shape index (κ1) is 16.8. The van der Waals surface area contributed by atoms with E-state index in [-0.39, 0.29) is 17.8 Å². The summed E-state index contributed by atoms with van der Waals surface area (Å²) in [5, 5.41) is 11.5. The Morgan fingerprint density at radius 1 is 1.16 bits per heavy atom. The highest BCUT2D eigenvalue weighted by molar-refractivity contribution is 5.74. The lowest BCUT2D eigenvalue weighted by Crippen LogP contribution is -2.13. The molecule has 0 unspecified atom stereocenters. The summed E-state index contributed by atoms with van der Waals surface area (Å²) in [4.78, 5) is 7.19. The number of nitrogens with one attached hydrogen (secondary N) is 2. The monoisotopic (exact) mass is 348 g/mol. The Balaban J connectivity index is 1.74. The number of alkyl halides is 3. The first-order valence-electron chi connectivity index (χ1n) is 7.36. The molecule has 0 saturated heterocycles. The molecule has 0 fully saturated rings. The van der Waals surface area contributed by atoms with Gasteiger partial charge in [0, 0.05) is 18.7 Å². The van der Waals surface area contributed by atoms with Gasteiger partial charge in [0.25, 0.3) is 0 Å². The maximum absolute atomic E-state index is 13.1. The summed E-state index contributed by atoms with van der Waals surface area (Å²) in [6.45, 7) is 0.192. The Hall–Kier alpha value is -3.08. The van der Waals surface area contributed by atoms with Gasteiger partial charge in [-0.25, -0.2) is 9.37 Å². The van der Waals surface area contributed by atoms with Gasteiger partial charge in [0.05, 0.1) is 28.2 Å². The quantitative estimate of drug-likeness (QED) is 0.693. The molecule has 0 saturated carbocycles. The number of anilines is 1. The second kappa shape index (κ2) is 6.43. The van der Waals surface area contributed by atoms with Crippen LogP contribution >= 0.6 is 0 Å². The van der Waals surface area contributed by atoms with Gasteiger partial charge in [0.2, 0.25) is 0 Å². The number of H-pyrrole nitrogens is 1. The second-order valence-corrected chi connectivity index (χ2v) is 5.39. The molecular formula is C17H12F4N4. The standard InChI is InChI=1S/C17H12F4N4/c18-11-2-4-14-15(8-11)25-16(24-14)5-6-23-13-3-1-10(9-22)7-12(13)17(19,20)21/h1-4,7-8,23H,5-6H2,(H,24,25). The van der Waals surface area contributed by atoms with Crippen LogP contribution < -0.4 is 5.32 Å². The minimum Gasteiger partial charge on any atom is -0.384 e. The van der Waals surface area contributed by atoms with E-state index in [0.29, 0.717) is 23.3 Å². The number of hydrogen-bond donors (Lipinski definition) is 2. The number of imidazole rings is 1. The van der Waals surface area contributed by atoms with Crippen molar-refractivity contribution in [3.63, 3.8) is 0 Å². The number of hydrogen-bond acceptors (Lipinski definition) is 3. The molecule has 3 rings (SSSR count). The summed E-state index contributed by atoms with van der Waals surface area (Å²) >= 11 is 0. The molecule has 0 atom stereocenters. The third-order valence-electron chi connectivity index (χ3n) is 3.62. The third-order valence-corrected chi connectivity index (χ3v) is 3.62. The number of aromatic amines is 1. The number of halogens is 4. The van der Waals surface area contributed by atoms with Gasteiger partial charge in [-0.15, -0.1) is 0 Å². The smallest absolute Gasteiger partial charge is 0.384 e. The van der Waals surface area contributed by atoms with E-state index in [2.05, 4.69) is 15.3 Å². The molecule has 0 radical (unpaired) electrons. The first-order valence-corrected chi connectivity index (χ1v) is 7.36. The summed E-state index contributed by atoms with van der Waals surface area (Å²) in [5.74, 6) is 0.142. The number of aromatic nitrogens is 2.